The van der Waals surface area contributed by atoms with Gasteiger partial charge in [-0.05, 0) is 32.0 Å². The second kappa shape index (κ2) is 8.94. The van der Waals surface area contributed by atoms with E-state index in [9.17, 15) is 4.79 Å². The van der Waals surface area contributed by atoms with E-state index >= 15 is 0 Å². The van der Waals surface area contributed by atoms with Gasteiger partial charge in [-0.3, -0.25) is 4.79 Å². The van der Waals surface area contributed by atoms with Crippen molar-refractivity contribution in [3.05, 3.63) is 24.4 Å². The Hall–Kier alpha value is -1.07. The molecule has 5 heteroatoms. The first kappa shape index (κ1) is 15.0. The van der Waals surface area contributed by atoms with Crippen molar-refractivity contribution >= 4 is 17.7 Å². The van der Waals surface area contributed by atoms with Crippen molar-refractivity contribution in [3.63, 3.8) is 0 Å². The summed E-state index contributed by atoms with van der Waals surface area (Å²) in [5, 5.41) is 4.13. The first-order chi connectivity index (χ1) is 8.77. The highest BCUT2D eigenvalue weighted by atomic mass is 32.2. The smallest absolute Gasteiger partial charge is 0.323 e. The number of thioether (sulfide) groups is 1. The van der Waals surface area contributed by atoms with Crippen LogP contribution < -0.4 is 5.32 Å². The largest absolute Gasteiger partial charge is 0.465 e. The van der Waals surface area contributed by atoms with Gasteiger partial charge in [0.1, 0.15) is 6.04 Å². The lowest BCUT2D eigenvalue weighted by Crippen LogP contribution is -2.38. The van der Waals surface area contributed by atoms with Gasteiger partial charge in [-0.25, -0.2) is 4.98 Å². The Morgan fingerprint density at radius 1 is 1.50 bits per heavy atom. The van der Waals surface area contributed by atoms with Gasteiger partial charge in [0, 0.05) is 11.9 Å². The zero-order valence-corrected chi connectivity index (χ0v) is 11.7. The maximum Gasteiger partial charge on any atom is 0.323 e. The van der Waals surface area contributed by atoms with Crippen molar-refractivity contribution in [2.75, 3.05) is 18.9 Å². The summed E-state index contributed by atoms with van der Waals surface area (Å²) >= 11 is 1.65. The molecule has 1 unspecified atom stereocenters. The minimum Gasteiger partial charge on any atom is -0.465 e. The Kier molecular flexibility index (Phi) is 7.44. The van der Waals surface area contributed by atoms with Gasteiger partial charge in [-0.15, -0.1) is 11.8 Å². The van der Waals surface area contributed by atoms with Crippen LogP contribution in [0.15, 0.2) is 29.4 Å². The minimum absolute atomic E-state index is 0.166. The van der Waals surface area contributed by atoms with Gasteiger partial charge >= 0.3 is 5.97 Å². The van der Waals surface area contributed by atoms with E-state index in [1.54, 1.807) is 18.0 Å². The molecule has 1 aromatic heterocycles. The summed E-state index contributed by atoms with van der Waals surface area (Å²) in [7, 11) is 0. The highest BCUT2D eigenvalue weighted by molar-refractivity contribution is 7.99. The second-order valence-corrected chi connectivity index (χ2v) is 4.78. The molecule has 1 heterocycles. The van der Waals surface area contributed by atoms with E-state index in [1.165, 1.54) is 0 Å². The van der Waals surface area contributed by atoms with Crippen LogP contribution >= 0.6 is 11.8 Å². The Balaban J connectivity index is 2.35. The number of esters is 1. The van der Waals surface area contributed by atoms with Crippen LogP contribution in [0.3, 0.4) is 0 Å². The Bertz CT molecular complexity index is 346. The zero-order valence-electron chi connectivity index (χ0n) is 10.9. The molecule has 0 aliphatic rings. The lowest BCUT2D eigenvalue weighted by Gasteiger charge is -2.15. The van der Waals surface area contributed by atoms with Gasteiger partial charge in [0.2, 0.25) is 0 Å². The third-order valence-corrected chi connectivity index (χ3v) is 3.29. The molecule has 0 saturated heterocycles. The Labute approximate surface area is 113 Å². The molecule has 0 bridgehead atoms. The third-order valence-electron chi connectivity index (χ3n) is 2.32. The molecule has 0 spiro atoms. The zero-order chi connectivity index (χ0) is 13.2. The molecule has 18 heavy (non-hydrogen) atoms. The van der Waals surface area contributed by atoms with Crippen molar-refractivity contribution in [1.29, 1.82) is 0 Å². The van der Waals surface area contributed by atoms with Crippen molar-refractivity contribution in [1.82, 2.24) is 10.3 Å². The summed E-state index contributed by atoms with van der Waals surface area (Å²) in [4.78, 5) is 15.9. The number of rotatable bonds is 8. The average Bonchev–Trinajstić information content (AvgIpc) is 2.39. The molecule has 1 N–H and O–H groups in total. The number of nitrogens with one attached hydrogen (secondary N) is 1. The molecule has 1 rings (SSSR count). The molecular formula is C13H20N2O2S. The number of pyridine rings is 1. The molecule has 0 radical (unpaired) electrons. The number of carbonyl (C=O) groups excluding carboxylic acids is 1. The summed E-state index contributed by atoms with van der Waals surface area (Å²) in [6, 6.07) is 5.61. The van der Waals surface area contributed by atoms with Crippen LogP contribution in [0.2, 0.25) is 0 Å². The summed E-state index contributed by atoms with van der Waals surface area (Å²) in [6.07, 6.45) is 2.52. The first-order valence-electron chi connectivity index (χ1n) is 6.21. The van der Waals surface area contributed by atoms with Crippen molar-refractivity contribution in [3.8, 4) is 0 Å². The van der Waals surface area contributed by atoms with E-state index in [4.69, 9.17) is 4.74 Å². The third kappa shape index (κ3) is 5.51. The molecule has 0 aliphatic heterocycles. The van der Waals surface area contributed by atoms with Gasteiger partial charge in [-0.1, -0.05) is 13.0 Å². The fourth-order valence-corrected chi connectivity index (χ4v) is 2.38. The van der Waals surface area contributed by atoms with E-state index in [1.807, 2.05) is 32.0 Å². The molecule has 0 saturated carbocycles. The number of aromatic nitrogens is 1. The van der Waals surface area contributed by atoms with Crippen molar-refractivity contribution in [2.24, 2.45) is 0 Å². The molecule has 1 atom stereocenters. The van der Waals surface area contributed by atoms with Gasteiger partial charge < -0.3 is 10.1 Å². The van der Waals surface area contributed by atoms with Gasteiger partial charge in [-0.2, -0.15) is 0 Å². The van der Waals surface area contributed by atoms with Gasteiger partial charge in [0.25, 0.3) is 0 Å². The van der Waals surface area contributed by atoms with Crippen LogP contribution in [0.5, 0.6) is 0 Å². The first-order valence-corrected chi connectivity index (χ1v) is 7.20. The molecular weight excluding hydrogens is 248 g/mol. The number of likely N-dealkylation sites (N-methyl/N-ethyl adjacent to an activating group) is 1. The molecule has 0 amide bonds. The topological polar surface area (TPSA) is 51.2 Å². The fourth-order valence-electron chi connectivity index (χ4n) is 1.51. The number of carbonyl (C=O) groups is 1. The van der Waals surface area contributed by atoms with Gasteiger partial charge in [0.15, 0.2) is 0 Å². The van der Waals surface area contributed by atoms with Crippen molar-refractivity contribution in [2.45, 2.75) is 31.3 Å². The maximum absolute atomic E-state index is 11.7. The molecule has 0 aromatic carbocycles. The SMILES string of the molecule is CCNC(CCSc1ccccn1)C(=O)OCC. The van der Waals surface area contributed by atoms with E-state index in [0.29, 0.717) is 6.61 Å². The molecule has 1 aromatic rings. The molecule has 0 aliphatic carbocycles. The summed E-state index contributed by atoms with van der Waals surface area (Å²) in [6.45, 7) is 4.99. The molecule has 100 valence electrons. The maximum atomic E-state index is 11.7. The quantitative estimate of drug-likeness (QED) is 0.578. The van der Waals surface area contributed by atoms with Crippen molar-refractivity contribution < 1.29 is 9.53 Å². The second-order valence-electron chi connectivity index (χ2n) is 3.67. The average molecular weight is 268 g/mol. The van der Waals surface area contributed by atoms with Gasteiger partial charge in [0.05, 0.1) is 11.6 Å². The molecule has 4 nitrogen and oxygen atoms in total. The standard InChI is InChI=1S/C13H20N2O2S/c1-3-14-11(13(16)17-4-2)8-10-18-12-7-5-6-9-15-12/h5-7,9,11,14H,3-4,8,10H2,1-2H3. The van der Waals surface area contributed by atoms with Crippen LogP contribution in [0.1, 0.15) is 20.3 Å². The Morgan fingerprint density at radius 2 is 2.33 bits per heavy atom. The minimum atomic E-state index is -0.217. The normalized spacial score (nSPS) is 12.1. The lowest BCUT2D eigenvalue weighted by atomic mass is 10.2. The number of hydrogen-bond acceptors (Lipinski definition) is 5. The van der Waals surface area contributed by atoms with Crippen LogP contribution in [0, 0.1) is 0 Å². The lowest BCUT2D eigenvalue weighted by molar-refractivity contribution is -0.145. The van der Waals surface area contributed by atoms with Crippen LogP contribution in [0.4, 0.5) is 0 Å². The predicted octanol–water partition coefficient (Wildman–Crippen LogP) is 2.10. The fraction of sp³-hybridized carbons (Fsp3) is 0.538. The van der Waals surface area contributed by atoms with Crippen LogP contribution in [-0.4, -0.2) is 35.9 Å². The Morgan fingerprint density at radius 3 is 2.94 bits per heavy atom. The number of hydrogen-bond donors (Lipinski definition) is 1. The summed E-state index contributed by atoms with van der Waals surface area (Å²) in [5.74, 6) is 0.675. The van der Waals surface area contributed by atoms with E-state index < -0.39 is 0 Å². The predicted molar refractivity (Wildman–Crippen MR) is 73.7 cm³/mol. The van der Waals surface area contributed by atoms with Crippen LogP contribution in [-0.2, 0) is 9.53 Å². The molecule has 0 fully saturated rings. The summed E-state index contributed by atoms with van der Waals surface area (Å²) in [5.41, 5.74) is 0. The van der Waals surface area contributed by atoms with E-state index in [0.717, 1.165) is 23.7 Å². The highest BCUT2D eigenvalue weighted by Gasteiger charge is 2.17. The van der Waals surface area contributed by atoms with E-state index in [-0.39, 0.29) is 12.0 Å². The van der Waals surface area contributed by atoms with Crippen LogP contribution in [0.25, 0.3) is 0 Å². The number of nitrogens with zero attached hydrogens (tertiary/aromatic N) is 1. The number of ether oxygens (including phenoxy) is 1. The highest BCUT2D eigenvalue weighted by Crippen LogP contribution is 2.16. The monoisotopic (exact) mass is 268 g/mol. The summed E-state index contributed by atoms with van der Waals surface area (Å²) < 4.78 is 5.03. The van der Waals surface area contributed by atoms with E-state index in [2.05, 4.69) is 10.3 Å².